The minimum absolute atomic E-state index is 0.151. The summed E-state index contributed by atoms with van der Waals surface area (Å²) in [7, 11) is -3.66. The maximum Gasteiger partial charge on any atom is 0.257 e. The molecule has 1 aliphatic heterocycles. The van der Waals surface area contributed by atoms with Gasteiger partial charge in [0.2, 0.25) is 10.0 Å². The van der Waals surface area contributed by atoms with Crippen LogP contribution >= 0.6 is 22.7 Å². The number of hydrogen-bond acceptors (Lipinski definition) is 8. The summed E-state index contributed by atoms with van der Waals surface area (Å²) >= 11 is 2.86. The highest BCUT2D eigenvalue weighted by molar-refractivity contribution is 7.89. The summed E-state index contributed by atoms with van der Waals surface area (Å²) in [5, 5.41) is 5.88. The number of anilines is 1. The van der Waals surface area contributed by atoms with E-state index in [-0.39, 0.29) is 23.0 Å². The first-order chi connectivity index (χ1) is 16.3. The van der Waals surface area contributed by atoms with Crippen molar-refractivity contribution in [3.63, 3.8) is 0 Å². The van der Waals surface area contributed by atoms with Crippen molar-refractivity contribution >= 4 is 54.0 Å². The Morgan fingerprint density at radius 3 is 2.47 bits per heavy atom. The van der Waals surface area contributed by atoms with Crippen LogP contribution in [0.5, 0.6) is 0 Å². The Bertz CT molecular complexity index is 1400. The third-order valence-electron chi connectivity index (χ3n) is 5.38. The molecule has 8 nitrogen and oxygen atoms in total. The van der Waals surface area contributed by atoms with Crippen molar-refractivity contribution in [2.75, 3.05) is 18.4 Å². The number of sulfonamides is 1. The summed E-state index contributed by atoms with van der Waals surface area (Å²) in [6, 6.07) is 13.8. The number of carbonyl (C=O) groups excluding carboxylic acids is 1. The van der Waals surface area contributed by atoms with Crippen molar-refractivity contribution in [2.45, 2.75) is 31.0 Å². The quantitative estimate of drug-likeness (QED) is 0.422. The standard InChI is InChI=1S/C23H22N4O4S3/c1-14-11-27(12-15(2)31-14)34(29,30)17-9-7-16(8-10-17)21(28)26-23-25-19(13-32-23)22-24-18-5-3-4-6-20(18)33-22/h3-10,13-15H,11-12H2,1-2H3,(H,25,26,28)/t14-,15+. The number of rotatable bonds is 5. The molecule has 2 atom stereocenters. The predicted molar refractivity (Wildman–Crippen MR) is 134 cm³/mol. The Labute approximate surface area is 205 Å². The van der Waals surface area contributed by atoms with E-state index in [4.69, 9.17) is 4.74 Å². The lowest BCUT2D eigenvalue weighted by Gasteiger charge is -2.34. The number of fused-ring (bicyclic) bond motifs is 1. The minimum atomic E-state index is -3.66. The third kappa shape index (κ3) is 4.62. The Morgan fingerprint density at radius 1 is 1.06 bits per heavy atom. The smallest absolute Gasteiger partial charge is 0.257 e. The molecule has 0 unspecified atom stereocenters. The monoisotopic (exact) mass is 514 g/mol. The molecule has 5 rings (SSSR count). The number of morpholine rings is 1. The van der Waals surface area contributed by atoms with Gasteiger partial charge in [-0.05, 0) is 50.2 Å². The van der Waals surface area contributed by atoms with Gasteiger partial charge in [0.05, 0.1) is 27.3 Å². The van der Waals surface area contributed by atoms with Crippen molar-refractivity contribution in [2.24, 2.45) is 0 Å². The number of amides is 1. The van der Waals surface area contributed by atoms with Gasteiger partial charge in [0, 0.05) is 24.0 Å². The molecular weight excluding hydrogens is 492 g/mol. The Morgan fingerprint density at radius 2 is 1.76 bits per heavy atom. The van der Waals surface area contributed by atoms with Crippen LogP contribution in [0.4, 0.5) is 5.13 Å². The molecule has 3 heterocycles. The number of benzene rings is 2. The van der Waals surface area contributed by atoms with Gasteiger partial charge < -0.3 is 4.74 Å². The van der Waals surface area contributed by atoms with E-state index in [1.165, 1.54) is 39.9 Å². The van der Waals surface area contributed by atoms with Crippen LogP contribution in [0.15, 0.2) is 58.8 Å². The van der Waals surface area contributed by atoms with E-state index in [1.54, 1.807) is 11.3 Å². The van der Waals surface area contributed by atoms with E-state index in [0.717, 1.165) is 15.2 Å². The van der Waals surface area contributed by atoms with Crippen LogP contribution in [-0.4, -0.2) is 53.9 Å². The first-order valence-corrected chi connectivity index (χ1v) is 13.8. The fourth-order valence-electron chi connectivity index (χ4n) is 3.83. The lowest BCUT2D eigenvalue weighted by atomic mass is 10.2. The zero-order chi connectivity index (χ0) is 23.9. The van der Waals surface area contributed by atoms with Crippen LogP contribution in [0.2, 0.25) is 0 Å². The Kier molecular flexibility index (Phi) is 6.21. The van der Waals surface area contributed by atoms with Gasteiger partial charge in [0.25, 0.3) is 5.91 Å². The maximum atomic E-state index is 13.0. The van der Waals surface area contributed by atoms with E-state index in [9.17, 15) is 13.2 Å². The predicted octanol–water partition coefficient (Wildman–Crippen LogP) is 4.47. The average Bonchev–Trinajstić information content (AvgIpc) is 3.45. The number of ether oxygens (including phenoxy) is 1. The summed E-state index contributed by atoms with van der Waals surface area (Å²) in [4.78, 5) is 22.0. The molecule has 1 saturated heterocycles. The second-order valence-electron chi connectivity index (χ2n) is 8.08. The topological polar surface area (TPSA) is 101 Å². The molecule has 0 radical (unpaired) electrons. The fraction of sp³-hybridized carbons (Fsp3) is 0.261. The Balaban J connectivity index is 1.28. The SMILES string of the molecule is C[C@@H]1CN(S(=O)(=O)c2ccc(C(=O)Nc3nc(-c4nc5ccccc5s4)cs3)cc2)C[C@H](C)O1. The number of thiazole rings is 2. The minimum Gasteiger partial charge on any atom is -0.373 e. The van der Waals surface area contributed by atoms with Gasteiger partial charge in [0.15, 0.2) is 5.13 Å². The molecule has 0 spiro atoms. The number of nitrogens with one attached hydrogen (secondary N) is 1. The highest BCUT2D eigenvalue weighted by Gasteiger charge is 2.32. The van der Waals surface area contributed by atoms with Crippen molar-refractivity contribution in [3.8, 4) is 10.7 Å². The number of para-hydroxylation sites is 1. The summed E-state index contributed by atoms with van der Waals surface area (Å²) in [6.07, 6.45) is -0.343. The lowest BCUT2D eigenvalue weighted by Crippen LogP contribution is -2.48. The normalized spacial score (nSPS) is 19.4. The van der Waals surface area contributed by atoms with Crippen molar-refractivity contribution in [1.82, 2.24) is 14.3 Å². The molecule has 4 aromatic rings. The summed E-state index contributed by atoms with van der Waals surface area (Å²) in [5.74, 6) is -0.359. The van der Waals surface area contributed by atoms with Crippen LogP contribution in [0.1, 0.15) is 24.2 Å². The second-order valence-corrected chi connectivity index (χ2v) is 11.9. The summed E-state index contributed by atoms with van der Waals surface area (Å²) < 4.78 is 34.2. The Hall–Kier alpha value is -2.70. The number of nitrogens with zero attached hydrogens (tertiary/aromatic N) is 3. The second kappa shape index (κ2) is 9.16. The molecule has 11 heteroatoms. The van der Waals surface area contributed by atoms with E-state index in [1.807, 2.05) is 43.5 Å². The molecule has 0 bridgehead atoms. The van der Waals surface area contributed by atoms with Crippen molar-refractivity contribution in [1.29, 1.82) is 0 Å². The number of carbonyl (C=O) groups is 1. The van der Waals surface area contributed by atoms with E-state index in [2.05, 4.69) is 15.3 Å². The first-order valence-electron chi connectivity index (χ1n) is 10.7. The largest absolute Gasteiger partial charge is 0.373 e. The molecule has 0 aliphatic carbocycles. The van der Waals surface area contributed by atoms with Crippen molar-refractivity contribution in [3.05, 3.63) is 59.5 Å². The zero-order valence-corrected chi connectivity index (χ0v) is 20.9. The lowest BCUT2D eigenvalue weighted by molar-refractivity contribution is -0.0440. The molecule has 1 aliphatic rings. The summed E-state index contributed by atoms with van der Waals surface area (Å²) in [6.45, 7) is 4.31. The van der Waals surface area contributed by atoms with Gasteiger partial charge in [-0.2, -0.15) is 4.31 Å². The zero-order valence-electron chi connectivity index (χ0n) is 18.5. The molecule has 176 valence electrons. The van der Waals surface area contributed by atoms with Crippen LogP contribution in [0.25, 0.3) is 20.9 Å². The van der Waals surface area contributed by atoms with Gasteiger partial charge in [-0.15, -0.1) is 22.7 Å². The number of hydrogen-bond donors (Lipinski definition) is 1. The molecule has 1 N–H and O–H groups in total. The first kappa shape index (κ1) is 23.1. The van der Waals surface area contributed by atoms with E-state index < -0.39 is 10.0 Å². The molecule has 34 heavy (non-hydrogen) atoms. The highest BCUT2D eigenvalue weighted by atomic mass is 32.2. The van der Waals surface area contributed by atoms with Gasteiger partial charge in [0.1, 0.15) is 10.7 Å². The molecule has 2 aromatic heterocycles. The maximum absolute atomic E-state index is 13.0. The number of aromatic nitrogens is 2. The highest BCUT2D eigenvalue weighted by Crippen LogP contribution is 2.32. The molecule has 0 saturated carbocycles. The van der Waals surface area contributed by atoms with Crippen molar-refractivity contribution < 1.29 is 17.9 Å². The van der Waals surface area contributed by atoms with Crippen LogP contribution in [-0.2, 0) is 14.8 Å². The molecule has 2 aromatic carbocycles. The summed E-state index contributed by atoms with van der Waals surface area (Å²) in [5.41, 5.74) is 1.97. The molecular formula is C23H22N4O4S3. The average molecular weight is 515 g/mol. The fourth-order valence-corrected chi connectivity index (χ4v) is 7.12. The van der Waals surface area contributed by atoms with Crippen LogP contribution < -0.4 is 5.32 Å². The van der Waals surface area contributed by atoms with Gasteiger partial charge in [-0.25, -0.2) is 18.4 Å². The van der Waals surface area contributed by atoms with E-state index >= 15 is 0 Å². The van der Waals surface area contributed by atoms with Crippen LogP contribution in [0.3, 0.4) is 0 Å². The molecule has 1 amide bonds. The van der Waals surface area contributed by atoms with Crippen LogP contribution in [0, 0.1) is 0 Å². The van der Waals surface area contributed by atoms with Gasteiger partial charge in [-0.3, -0.25) is 10.1 Å². The molecule has 1 fully saturated rings. The van der Waals surface area contributed by atoms with Gasteiger partial charge >= 0.3 is 0 Å². The van der Waals surface area contributed by atoms with E-state index in [0.29, 0.717) is 29.5 Å². The van der Waals surface area contributed by atoms with Gasteiger partial charge in [-0.1, -0.05) is 12.1 Å². The third-order valence-corrected chi connectivity index (χ3v) is 9.04.